The van der Waals surface area contributed by atoms with Crippen molar-refractivity contribution in [3.8, 4) is 0 Å². The summed E-state index contributed by atoms with van der Waals surface area (Å²) >= 11 is 0. The van der Waals surface area contributed by atoms with E-state index >= 15 is 0 Å². The Labute approximate surface area is 155 Å². The maximum Gasteiger partial charge on any atom is 0.228 e. The molecule has 0 unspecified atom stereocenters. The summed E-state index contributed by atoms with van der Waals surface area (Å²) in [5, 5.41) is 0. The third-order valence-electron chi connectivity index (χ3n) is 4.85. The Kier molecular flexibility index (Phi) is 6.03. The van der Waals surface area contributed by atoms with Crippen molar-refractivity contribution in [3.05, 3.63) is 6.33 Å². The minimum Gasteiger partial charge on any atom is -0.378 e. The second-order valence-electron chi connectivity index (χ2n) is 6.19. The van der Waals surface area contributed by atoms with Crippen molar-refractivity contribution in [3.63, 3.8) is 0 Å². The van der Waals surface area contributed by atoms with Crippen LogP contribution in [0.25, 0.3) is 11.0 Å². The molecule has 3 rings (SSSR count). The molecule has 0 atom stereocenters. The molecule has 0 radical (unpaired) electrons. The maximum atomic E-state index is 5.48. The van der Waals surface area contributed by atoms with E-state index in [9.17, 15) is 0 Å². The molecule has 0 aromatic carbocycles. The van der Waals surface area contributed by atoms with Crippen LogP contribution < -0.4 is 14.7 Å². The molecule has 1 fully saturated rings. The first kappa shape index (κ1) is 18.6. The van der Waals surface area contributed by atoms with Gasteiger partial charge in [0, 0.05) is 39.3 Å². The van der Waals surface area contributed by atoms with Gasteiger partial charge in [-0.2, -0.15) is 4.98 Å². The predicted octanol–water partition coefficient (Wildman–Crippen LogP) is 1.95. The molecule has 0 N–H and O–H groups in total. The molecular formula is C18H29N7O. The average molecular weight is 359 g/mol. The Bertz CT molecular complexity index is 725. The van der Waals surface area contributed by atoms with Gasteiger partial charge in [-0.3, -0.25) is 0 Å². The standard InChI is InChI=1S/C18H29N7O/c1-5-23(6-2)16-15-14(19-13-20-16)17(24(7-3)8-4)22-18(21-15)25-9-11-26-12-10-25/h13H,5-12H2,1-4H3. The first-order valence-electron chi connectivity index (χ1n) is 9.58. The van der Waals surface area contributed by atoms with Crippen molar-refractivity contribution in [1.82, 2.24) is 19.9 Å². The van der Waals surface area contributed by atoms with E-state index in [-0.39, 0.29) is 0 Å². The van der Waals surface area contributed by atoms with E-state index in [1.807, 2.05) is 0 Å². The number of hydrogen-bond donors (Lipinski definition) is 0. The second kappa shape index (κ2) is 8.44. The zero-order chi connectivity index (χ0) is 18.5. The van der Waals surface area contributed by atoms with Crippen LogP contribution >= 0.6 is 0 Å². The molecule has 2 aromatic rings. The van der Waals surface area contributed by atoms with Gasteiger partial charge in [-0.25, -0.2) is 15.0 Å². The van der Waals surface area contributed by atoms with Crippen molar-refractivity contribution in [1.29, 1.82) is 0 Å². The Morgan fingerprint density at radius 1 is 0.846 bits per heavy atom. The normalized spacial score (nSPS) is 14.7. The Morgan fingerprint density at radius 3 is 2.08 bits per heavy atom. The minimum atomic E-state index is 0.705. The molecule has 0 saturated carbocycles. The summed E-state index contributed by atoms with van der Waals surface area (Å²) in [5.41, 5.74) is 1.65. The highest BCUT2D eigenvalue weighted by molar-refractivity contribution is 5.94. The molecule has 1 aliphatic rings. The van der Waals surface area contributed by atoms with Crippen LogP contribution in [0.15, 0.2) is 6.33 Å². The highest BCUT2D eigenvalue weighted by atomic mass is 16.5. The minimum absolute atomic E-state index is 0.705. The second-order valence-corrected chi connectivity index (χ2v) is 6.19. The van der Waals surface area contributed by atoms with Gasteiger partial charge in [-0.05, 0) is 27.7 Å². The van der Waals surface area contributed by atoms with Crippen molar-refractivity contribution in [2.75, 3.05) is 67.2 Å². The summed E-state index contributed by atoms with van der Waals surface area (Å²) in [7, 11) is 0. The molecule has 0 amide bonds. The van der Waals surface area contributed by atoms with Crippen LogP contribution in [0.3, 0.4) is 0 Å². The van der Waals surface area contributed by atoms with Gasteiger partial charge in [0.25, 0.3) is 0 Å². The molecule has 26 heavy (non-hydrogen) atoms. The van der Waals surface area contributed by atoms with Gasteiger partial charge in [0.15, 0.2) is 11.6 Å². The molecule has 8 heteroatoms. The summed E-state index contributed by atoms with van der Waals surface area (Å²) in [6, 6.07) is 0. The van der Waals surface area contributed by atoms with Crippen molar-refractivity contribution in [2.24, 2.45) is 0 Å². The number of ether oxygens (including phenoxy) is 1. The third kappa shape index (κ3) is 3.51. The summed E-state index contributed by atoms with van der Waals surface area (Å²) in [5.74, 6) is 2.51. The summed E-state index contributed by atoms with van der Waals surface area (Å²) in [6.07, 6.45) is 1.63. The van der Waals surface area contributed by atoms with E-state index in [1.54, 1.807) is 6.33 Å². The third-order valence-corrected chi connectivity index (χ3v) is 4.85. The molecule has 3 heterocycles. The van der Waals surface area contributed by atoms with E-state index in [0.717, 1.165) is 67.9 Å². The number of aromatic nitrogens is 4. The van der Waals surface area contributed by atoms with Gasteiger partial charge >= 0.3 is 0 Å². The average Bonchev–Trinajstić information content (AvgIpc) is 2.70. The van der Waals surface area contributed by atoms with Crippen molar-refractivity contribution >= 4 is 28.6 Å². The number of hydrogen-bond acceptors (Lipinski definition) is 8. The summed E-state index contributed by atoms with van der Waals surface area (Å²) in [6.45, 7) is 15.0. The number of fused-ring (bicyclic) bond motifs is 1. The predicted molar refractivity (Wildman–Crippen MR) is 105 cm³/mol. The van der Waals surface area contributed by atoms with Crippen LogP contribution in [0.4, 0.5) is 17.6 Å². The fourth-order valence-electron chi connectivity index (χ4n) is 3.31. The smallest absolute Gasteiger partial charge is 0.228 e. The highest BCUT2D eigenvalue weighted by Gasteiger charge is 2.22. The molecular weight excluding hydrogens is 330 g/mol. The molecule has 0 bridgehead atoms. The van der Waals surface area contributed by atoms with Gasteiger partial charge < -0.3 is 19.4 Å². The Hall–Kier alpha value is -2.22. The molecule has 142 valence electrons. The lowest BCUT2D eigenvalue weighted by Gasteiger charge is -2.29. The van der Waals surface area contributed by atoms with E-state index in [1.165, 1.54) is 0 Å². The lowest BCUT2D eigenvalue weighted by atomic mass is 10.3. The van der Waals surface area contributed by atoms with E-state index in [0.29, 0.717) is 13.2 Å². The fourth-order valence-corrected chi connectivity index (χ4v) is 3.31. The molecule has 1 aliphatic heterocycles. The van der Waals surface area contributed by atoms with Crippen LogP contribution in [-0.4, -0.2) is 72.4 Å². The van der Waals surface area contributed by atoms with Gasteiger partial charge in [-0.1, -0.05) is 0 Å². The van der Waals surface area contributed by atoms with Crippen LogP contribution in [0.2, 0.25) is 0 Å². The largest absolute Gasteiger partial charge is 0.378 e. The molecule has 8 nitrogen and oxygen atoms in total. The first-order chi connectivity index (χ1) is 12.7. The van der Waals surface area contributed by atoms with Crippen LogP contribution in [0.1, 0.15) is 27.7 Å². The SMILES string of the molecule is CCN(CC)c1nc(N2CCOCC2)nc2c(N(CC)CC)ncnc12. The van der Waals surface area contributed by atoms with E-state index < -0.39 is 0 Å². The molecule has 2 aromatic heterocycles. The highest BCUT2D eigenvalue weighted by Crippen LogP contribution is 2.30. The number of anilines is 3. The van der Waals surface area contributed by atoms with Crippen LogP contribution in [0, 0.1) is 0 Å². The monoisotopic (exact) mass is 359 g/mol. The summed E-state index contributed by atoms with van der Waals surface area (Å²) < 4.78 is 5.48. The van der Waals surface area contributed by atoms with Crippen molar-refractivity contribution in [2.45, 2.75) is 27.7 Å². The Balaban J connectivity index is 2.20. The van der Waals surface area contributed by atoms with Gasteiger partial charge in [0.05, 0.1) is 13.2 Å². The number of nitrogens with zero attached hydrogens (tertiary/aromatic N) is 7. The van der Waals surface area contributed by atoms with Crippen LogP contribution in [0.5, 0.6) is 0 Å². The molecule has 1 saturated heterocycles. The zero-order valence-corrected chi connectivity index (χ0v) is 16.3. The lowest BCUT2D eigenvalue weighted by Crippen LogP contribution is -2.38. The topological polar surface area (TPSA) is 70.5 Å². The van der Waals surface area contributed by atoms with Gasteiger partial charge in [0.2, 0.25) is 5.95 Å². The maximum absolute atomic E-state index is 5.48. The Morgan fingerprint density at radius 2 is 1.46 bits per heavy atom. The quantitative estimate of drug-likeness (QED) is 0.743. The first-order valence-corrected chi connectivity index (χ1v) is 9.58. The van der Waals surface area contributed by atoms with Crippen molar-refractivity contribution < 1.29 is 4.74 Å². The van der Waals surface area contributed by atoms with Gasteiger partial charge in [0.1, 0.15) is 17.4 Å². The summed E-state index contributed by atoms with van der Waals surface area (Å²) in [4.78, 5) is 25.5. The lowest BCUT2D eigenvalue weighted by molar-refractivity contribution is 0.122. The number of morpholine rings is 1. The fraction of sp³-hybridized carbons (Fsp3) is 0.667. The number of rotatable bonds is 7. The molecule has 0 aliphatic carbocycles. The molecule has 0 spiro atoms. The van der Waals surface area contributed by atoms with Crippen LogP contribution in [-0.2, 0) is 4.74 Å². The van der Waals surface area contributed by atoms with E-state index in [2.05, 4.69) is 52.4 Å². The van der Waals surface area contributed by atoms with Gasteiger partial charge in [-0.15, -0.1) is 0 Å². The zero-order valence-electron chi connectivity index (χ0n) is 16.3. The van der Waals surface area contributed by atoms with E-state index in [4.69, 9.17) is 14.7 Å².